The van der Waals surface area contributed by atoms with Gasteiger partial charge in [0.05, 0.1) is 11.9 Å². The topological polar surface area (TPSA) is 54.0 Å². The second kappa shape index (κ2) is 4.08. The predicted octanol–water partition coefficient (Wildman–Crippen LogP) is 2.28. The summed E-state index contributed by atoms with van der Waals surface area (Å²) in [6, 6.07) is 1.06. The fourth-order valence-corrected chi connectivity index (χ4v) is 1.74. The van der Waals surface area contributed by atoms with Gasteiger partial charge in [0.25, 0.3) is 0 Å². The van der Waals surface area contributed by atoms with Gasteiger partial charge in [-0.25, -0.2) is 9.18 Å². The molecule has 2 rings (SSSR count). The zero-order chi connectivity index (χ0) is 11.6. The number of rotatable bonds is 2. The van der Waals surface area contributed by atoms with Crippen molar-refractivity contribution in [3.05, 3.63) is 24.3 Å². The fourth-order valence-electron chi connectivity index (χ4n) is 1.74. The molecule has 0 saturated heterocycles. The van der Waals surface area contributed by atoms with E-state index < -0.39 is 5.82 Å². The van der Waals surface area contributed by atoms with E-state index in [1.165, 1.54) is 12.3 Å². The van der Waals surface area contributed by atoms with Crippen LogP contribution in [0.1, 0.15) is 26.2 Å². The Morgan fingerprint density at radius 2 is 2.31 bits per heavy atom. The molecule has 0 bridgehead atoms. The number of carbonyl (C=O) groups is 1. The van der Waals surface area contributed by atoms with Crippen molar-refractivity contribution in [2.24, 2.45) is 0 Å². The van der Waals surface area contributed by atoms with Crippen LogP contribution in [0, 0.1) is 5.82 Å². The van der Waals surface area contributed by atoms with Crippen LogP contribution in [0.5, 0.6) is 0 Å². The molecule has 2 amide bonds. The molecule has 1 heterocycles. The zero-order valence-corrected chi connectivity index (χ0v) is 9.09. The van der Waals surface area contributed by atoms with E-state index >= 15 is 0 Å². The van der Waals surface area contributed by atoms with Gasteiger partial charge in [0.2, 0.25) is 0 Å². The first kappa shape index (κ1) is 10.9. The van der Waals surface area contributed by atoms with Gasteiger partial charge in [-0.1, -0.05) is 0 Å². The fraction of sp³-hybridized carbons (Fsp3) is 0.455. The summed E-state index contributed by atoms with van der Waals surface area (Å²) in [5.41, 5.74) is 0.0172. The molecule has 2 N–H and O–H groups in total. The van der Waals surface area contributed by atoms with Crippen LogP contribution >= 0.6 is 0 Å². The number of halogens is 1. The highest BCUT2D eigenvalue weighted by atomic mass is 19.1. The van der Waals surface area contributed by atoms with E-state index in [0.717, 1.165) is 25.5 Å². The van der Waals surface area contributed by atoms with E-state index in [-0.39, 0.29) is 17.3 Å². The van der Waals surface area contributed by atoms with Crippen molar-refractivity contribution >= 4 is 11.7 Å². The molecule has 5 heteroatoms. The standard InChI is InChI=1S/C11H14FN3O/c1-11(4-2-5-11)15-10(16)14-9-3-6-13-7-8(9)12/h3,6-7H,2,4-5H2,1H3,(H2,13,14,15,16). The lowest BCUT2D eigenvalue weighted by molar-refractivity contribution is 0.200. The van der Waals surface area contributed by atoms with Crippen LogP contribution in [-0.4, -0.2) is 16.6 Å². The van der Waals surface area contributed by atoms with Gasteiger partial charge in [0.15, 0.2) is 5.82 Å². The maximum atomic E-state index is 13.2. The van der Waals surface area contributed by atoms with Gasteiger partial charge in [-0.05, 0) is 32.3 Å². The van der Waals surface area contributed by atoms with Gasteiger partial charge in [0.1, 0.15) is 0 Å². The number of aromatic nitrogens is 1. The van der Waals surface area contributed by atoms with Gasteiger partial charge >= 0.3 is 6.03 Å². The molecule has 0 unspecified atom stereocenters. The van der Waals surface area contributed by atoms with Crippen LogP contribution in [-0.2, 0) is 0 Å². The number of amides is 2. The number of nitrogens with zero attached hydrogens (tertiary/aromatic N) is 1. The van der Waals surface area contributed by atoms with Gasteiger partial charge < -0.3 is 10.6 Å². The first-order chi connectivity index (χ1) is 7.59. The van der Waals surface area contributed by atoms with Crippen LogP contribution in [0.3, 0.4) is 0 Å². The van der Waals surface area contributed by atoms with Crippen LogP contribution in [0.2, 0.25) is 0 Å². The Labute approximate surface area is 93.3 Å². The highest BCUT2D eigenvalue weighted by Gasteiger charge is 2.33. The smallest absolute Gasteiger partial charge is 0.319 e. The van der Waals surface area contributed by atoms with E-state index in [4.69, 9.17) is 0 Å². The molecule has 1 aromatic heterocycles. The summed E-state index contributed by atoms with van der Waals surface area (Å²) in [5.74, 6) is -0.531. The highest BCUT2D eigenvalue weighted by molar-refractivity contribution is 5.89. The average Bonchev–Trinajstić information content (AvgIpc) is 2.19. The van der Waals surface area contributed by atoms with E-state index in [2.05, 4.69) is 15.6 Å². The Morgan fingerprint density at radius 3 is 2.88 bits per heavy atom. The SMILES string of the molecule is CC1(NC(=O)Nc2ccncc2F)CCC1. The lowest BCUT2D eigenvalue weighted by Crippen LogP contribution is -2.52. The number of hydrogen-bond acceptors (Lipinski definition) is 2. The van der Waals surface area contributed by atoms with E-state index in [9.17, 15) is 9.18 Å². The third-order valence-corrected chi connectivity index (χ3v) is 2.89. The van der Waals surface area contributed by atoms with Crippen molar-refractivity contribution < 1.29 is 9.18 Å². The number of hydrogen-bond donors (Lipinski definition) is 2. The zero-order valence-electron chi connectivity index (χ0n) is 9.09. The van der Waals surface area contributed by atoms with Crippen molar-refractivity contribution in [2.75, 3.05) is 5.32 Å². The average molecular weight is 223 g/mol. The molecule has 16 heavy (non-hydrogen) atoms. The molecule has 0 aromatic carbocycles. The maximum absolute atomic E-state index is 13.2. The van der Waals surface area contributed by atoms with Gasteiger partial charge in [0, 0.05) is 11.7 Å². The number of carbonyl (C=O) groups excluding carboxylic acids is 1. The number of anilines is 1. The second-order valence-corrected chi connectivity index (χ2v) is 4.35. The third kappa shape index (κ3) is 2.29. The van der Waals surface area contributed by atoms with E-state index in [0.29, 0.717) is 0 Å². The molecule has 4 nitrogen and oxygen atoms in total. The minimum absolute atomic E-state index is 0.131. The first-order valence-corrected chi connectivity index (χ1v) is 5.28. The summed E-state index contributed by atoms with van der Waals surface area (Å²) >= 11 is 0. The van der Waals surface area contributed by atoms with Gasteiger partial charge in [-0.2, -0.15) is 0 Å². The Hall–Kier alpha value is -1.65. The van der Waals surface area contributed by atoms with Crippen LogP contribution in [0.15, 0.2) is 18.5 Å². The summed E-state index contributed by atoms with van der Waals surface area (Å²) in [4.78, 5) is 15.2. The Bertz CT molecular complexity index is 404. The second-order valence-electron chi connectivity index (χ2n) is 4.35. The van der Waals surface area contributed by atoms with Crippen molar-refractivity contribution in [3.63, 3.8) is 0 Å². The lowest BCUT2D eigenvalue weighted by Gasteiger charge is -2.38. The molecule has 86 valence electrons. The molecular weight excluding hydrogens is 209 g/mol. The summed E-state index contributed by atoms with van der Waals surface area (Å²) in [5, 5.41) is 5.30. The molecule has 1 fully saturated rings. The minimum Gasteiger partial charge on any atom is -0.333 e. The number of pyridine rings is 1. The normalized spacial score (nSPS) is 17.4. The maximum Gasteiger partial charge on any atom is 0.319 e. The first-order valence-electron chi connectivity index (χ1n) is 5.28. The van der Waals surface area contributed by atoms with Gasteiger partial charge in [-0.15, -0.1) is 0 Å². The monoisotopic (exact) mass is 223 g/mol. The number of urea groups is 1. The summed E-state index contributed by atoms with van der Waals surface area (Å²) in [6.07, 6.45) is 5.57. The number of nitrogens with one attached hydrogen (secondary N) is 2. The predicted molar refractivity (Wildman–Crippen MR) is 58.6 cm³/mol. The van der Waals surface area contributed by atoms with Crippen molar-refractivity contribution in [2.45, 2.75) is 31.7 Å². The summed E-state index contributed by atoms with van der Waals surface area (Å²) in [7, 11) is 0. The molecular formula is C11H14FN3O. The molecule has 1 aromatic rings. The van der Waals surface area contributed by atoms with Crippen LogP contribution in [0.4, 0.5) is 14.9 Å². The molecule has 1 saturated carbocycles. The van der Waals surface area contributed by atoms with Crippen molar-refractivity contribution in [1.29, 1.82) is 0 Å². The molecule has 0 aliphatic heterocycles. The molecule has 0 radical (unpaired) electrons. The van der Waals surface area contributed by atoms with Crippen molar-refractivity contribution in [3.8, 4) is 0 Å². The Balaban J connectivity index is 1.95. The Kier molecular flexibility index (Phi) is 2.77. The van der Waals surface area contributed by atoms with E-state index in [1.54, 1.807) is 0 Å². The van der Waals surface area contributed by atoms with Crippen LogP contribution < -0.4 is 10.6 Å². The van der Waals surface area contributed by atoms with Crippen molar-refractivity contribution in [1.82, 2.24) is 10.3 Å². The van der Waals surface area contributed by atoms with Gasteiger partial charge in [-0.3, -0.25) is 4.98 Å². The molecule has 1 aliphatic rings. The molecule has 0 spiro atoms. The summed E-state index contributed by atoms with van der Waals surface area (Å²) < 4.78 is 13.2. The largest absolute Gasteiger partial charge is 0.333 e. The third-order valence-electron chi connectivity index (χ3n) is 2.89. The quantitative estimate of drug-likeness (QED) is 0.808. The van der Waals surface area contributed by atoms with E-state index in [1.807, 2.05) is 6.92 Å². The van der Waals surface area contributed by atoms with Crippen LogP contribution in [0.25, 0.3) is 0 Å². The summed E-state index contributed by atoms with van der Waals surface area (Å²) in [6.45, 7) is 1.99. The lowest BCUT2D eigenvalue weighted by atomic mass is 9.79. The molecule has 1 aliphatic carbocycles. The minimum atomic E-state index is -0.531. The Morgan fingerprint density at radius 1 is 1.56 bits per heavy atom. The molecule has 0 atom stereocenters. The highest BCUT2D eigenvalue weighted by Crippen LogP contribution is 2.30.